The fourth-order valence-electron chi connectivity index (χ4n) is 3.09. The lowest BCUT2D eigenvalue weighted by Crippen LogP contribution is -2.32. The van der Waals surface area contributed by atoms with Gasteiger partial charge in [0.15, 0.2) is 0 Å². The largest absolute Gasteiger partial charge is 0.496 e. The highest BCUT2D eigenvalue weighted by molar-refractivity contribution is 8.04. The highest BCUT2D eigenvalue weighted by Gasteiger charge is 2.42. The Hall–Kier alpha value is -2.77. The molecule has 2 amide bonds. The topological polar surface area (TPSA) is 76.1 Å². The van der Waals surface area contributed by atoms with Gasteiger partial charge in [-0.05, 0) is 32.0 Å². The average molecular weight is 413 g/mol. The third-order valence-corrected chi connectivity index (χ3v) is 5.28. The molecule has 1 aliphatic heterocycles. The van der Waals surface area contributed by atoms with E-state index >= 15 is 0 Å². The lowest BCUT2D eigenvalue weighted by atomic mass is 10.0. The van der Waals surface area contributed by atoms with Crippen LogP contribution in [0.5, 0.6) is 11.5 Å². The smallest absolute Gasteiger partial charge is 0.272 e. The summed E-state index contributed by atoms with van der Waals surface area (Å²) in [6.07, 6.45) is -0.117. The van der Waals surface area contributed by atoms with Gasteiger partial charge in [-0.2, -0.15) is 0 Å². The van der Waals surface area contributed by atoms with Gasteiger partial charge < -0.3 is 14.6 Å². The fraction of sp³-hybridized carbons (Fsp3) is 0.273. The predicted octanol–water partition coefficient (Wildman–Crippen LogP) is 3.49. The van der Waals surface area contributed by atoms with Gasteiger partial charge in [-0.15, -0.1) is 11.8 Å². The zero-order chi connectivity index (χ0) is 21.0. The summed E-state index contributed by atoms with van der Waals surface area (Å²) in [6, 6.07) is 14.0. The first-order valence-electron chi connectivity index (χ1n) is 9.25. The van der Waals surface area contributed by atoms with Crippen molar-refractivity contribution in [2.45, 2.75) is 20.0 Å². The second-order valence-electron chi connectivity index (χ2n) is 6.56. The minimum atomic E-state index is -0.445. The second-order valence-corrected chi connectivity index (χ2v) is 7.66. The first-order chi connectivity index (χ1) is 14.0. The number of amides is 2. The summed E-state index contributed by atoms with van der Waals surface area (Å²) in [5.41, 5.74) is 1.20. The number of hydrogen-bond acceptors (Lipinski definition) is 6. The molecule has 6 nitrogen and oxygen atoms in total. The molecule has 0 saturated carbocycles. The Labute approximate surface area is 174 Å². The Kier molecular flexibility index (Phi) is 6.61. The van der Waals surface area contributed by atoms with Crippen LogP contribution in [0, 0.1) is 0 Å². The minimum absolute atomic E-state index is 0.109. The number of anilines is 1. The number of aliphatic hydroxyl groups excluding tert-OH is 1. The van der Waals surface area contributed by atoms with Crippen LogP contribution in [0.15, 0.2) is 53.4 Å². The first-order valence-corrected chi connectivity index (χ1v) is 10.2. The molecule has 152 valence electrons. The molecule has 29 heavy (non-hydrogen) atoms. The number of methoxy groups -OCH3 is 1. The number of aliphatic hydroxyl groups is 1. The van der Waals surface area contributed by atoms with Crippen molar-refractivity contribution in [2.75, 3.05) is 24.4 Å². The van der Waals surface area contributed by atoms with Crippen molar-refractivity contribution in [3.05, 3.63) is 59.0 Å². The number of thioether (sulfide) groups is 1. The highest BCUT2D eigenvalue weighted by Crippen LogP contribution is 2.43. The Balaban J connectivity index is 2.12. The van der Waals surface area contributed by atoms with Gasteiger partial charge in [-0.1, -0.05) is 30.3 Å². The van der Waals surface area contributed by atoms with E-state index in [1.54, 1.807) is 48.5 Å². The third kappa shape index (κ3) is 4.16. The second kappa shape index (κ2) is 9.15. The monoisotopic (exact) mass is 413 g/mol. The van der Waals surface area contributed by atoms with Crippen molar-refractivity contribution in [3.8, 4) is 11.5 Å². The predicted molar refractivity (Wildman–Crippen MR) is 114 cm³/mol. The maximum absolute atomic E-state index is 13.5. The van der Waals surface area contributed by atoms with Gasteiger partial charge in [0.05, 0.1) is 36.0 Å². The number of para-hydroxylation sites is 3. The summed E-state index contributed by atoms with van der Waals surface area (Å²) >= 11 is 1.16. The van der Waals surface area contributed by atoms with Crippen LogP contribution in [0.2, 0.25) is 0 Å². The average Bonchev–Trinajstić information content (AvgIpc) is 2.95. The van der Waals surface area contributed by atoms with Crippen LogP contribution in [0.25, 0.3) is 5.57 Å². The number of imide groups is 1. The summed E-state index contributed by atoms with van der Waals surface area (Å²) in [4.78, 5) is 28.2. The van der Waals surface area contributed by atoms with Crippen molar-refractivity contribution >= 4 is 34.8 Å². The van der Waals surface area contributed by atoms with Crippen LogP contribution in [0.4, 0.5) is 5.69 Å². The van der Waals surface area contributed by atoms with Gasteiger partial charge in [-0.3, -0.25) is 9.59 Å². The molecule has 0 fully saturated rings. The van der Waals surface area contributed by atoms with Crippen LogP contribution in [-0.2, 0) is 9.59 Å². The molecule has 0 spiro atoms. The maximum atomic E-state index is 13.5. The van der Waals surface area contributed by atoms with E-state index in [0.29, 0.717) is 28.5 Å². The van der Waals surface area contributed by atoms with Gasteiger partial charge in [0, 0.05) is 11.3 Å². The number of hydrogen-bond donors (Lipinski definition) is 1. The van der Waals surface area contributed by atoms with E-state index in [1.165, 1.54) is 7.11 Å². The Morgan fingerprint density at radius 3 is 2.31 bits per heavy atom. The summed E-state index contributed by atoms with van der Waals surface area (Å²) in [5, 5.41) is 9.26. The molecule has 7 heteroatoms. The van der Waals surface area contributed by atoms with Crippen molar-refractivity contribution in [3.63, 3.8) is 0 Å². The Morgan fingerprint density at radius 2 is 1.66 bits per heavy atom. The molecule has 1 heterocycles. The van der Waals surface area contributed by atoms with E-state index in [-0.39, 0.29) is 23.2 Å². The molecule has 2 aromatic rings. The molecule has 0 unspecified atom stereocenters. The maximum Gasteiger partial charge on any atom is 0.272 e. The molecule has 0 aromatic heterocycles. The summed E-state index contributed by atoms with van der Waals surface area (Å²) in [7, 11) is 1.52. The molecule has 2 aromatic carbocycles. The summed E-state index contributed by atoms with van der Waals surface area (Å²) in [5.74, 6) is 0.371. The van der Waals surface area contributed by atoms with Gasteiger partial charge in [0.25, 0.3) is 11.8 Å². The normalized spacial score (nSPS) is 14.2. The first kappa shape index (κ1) is 21.0. The zero-order valence-electron chi connectivity index (χ0n) is 16.5. The number of carbonyl (C=O) groups is 2. The molecule has 1 N–H and O–H groups in total. The van der Waals surface area contributed by atoms with Crippen LogP contribution in [0.1, 0.15) is 19.4 Å². The van der Waals surface area contributed by atoms with E-state index in [0.717, 1.165) is 16.7 Å². The van der Waals surface area contributed by atoms with E-state index in [4.69, 9.17) is 9.47 Å². The summed E-state index contributed by atoms with van der Waals surface area (Å²) < 4.78 is 11.2. The third-order valence-electron chi connectivity index (χ3n) is 4.22. The van der Waals surface area contributed by atoms with Crippen molar-refractivity contribution in [1.29, 1.82) is 0 Å². The Morgan fingerprint density at radius 1 is 1.00 bits per heavy atom. The fourth-order valence-corrected chi connectivity index (χ4v) is 3.95. The van der Waals surface area contributed by atoms with Gasteiger partial charge >= 0.3 is 0 Å². The lowest BCUT2D eigenvalue weighted by molar-refractivity contribution is -0.119. The van der Waals surface area contributed by atoms with Crippen LogP contribution >= 0.6 is 11.8 Å². The highest BCUT2D eigenvalue weighted by atomic mass is 32.2. The van der Waals surface area contributed by atoms with Gasteiger partial charge in [0.2, 0.25) is 0 Å². The Bertz CT molecular complexity index is 954. The van der Waals surface area contributed by atoms with Crippen molar-refractivity contribution in [1.82, 2.24) is 0 Å². The van der Waals surface area contributed by atoms with Crippen LogP contribution in [0.3, 0.4) is 0 Å². The number of carbonyl (C=O) groups excluding carboxylic acids is 2. The molecule has 0 saturated heterocycles. The number of ether oxygens (including phenoxy) is 2. The van der Waals surface area contributed by atoms with Crippen molar-refractivity contribution in [2.24, 2.45) is 0 Å². The van der Waals surface area contributed by atoms with Gasteiger partial charge in [0.1, 0.15) is 11.5 Å². The number of nitrogens with zero attached hydrogens (tertiary/aromatic N) is 1. The minimum Gasteiger partial charge on any atom is -0.496 e. The van der Waals surface area contributed by atoms with Crippen LogP contribution < -0.4 is 14.4 Å². The van der Waals surface area contributed by atoms with Crippen LogP contribution in [-0.4, -0.2) is 42.5 Å². The van der Waals surface area contributed by atoms with E-state index < -0.39 is 11.8 Å². The molecule has 1 aliphatic rings. The van der Waals surface area contributed by atoms with Gasteiger partial charge in [-0.25, -0.2) is 4.90 Å². The van der Waals surface area contributed by atoms with E-state index in [1.807, 2.05) is 13.8 Å². The lowest BCUT2D eigenvalue weighted by Gasteiger charge is -2.20. The molecule has 3 rings (SSSR count). The molecule has 0 aliphatic carbocycles. The number of rotatable bonds is 8. The molecule has 0 atom stereocenters. The van der Waals surface area contributed by atoms with Crippen molar-refractivity contribution < 1.29 is 24.2 Å². The number of benzene rings is 2. The van der Waals surface area contributed by atoms with E-state index in [2.05, 4.69) is 0 Å². The molecule has 0 radical (unpaired) electrons. The van der Waals surface area contributed by atoms with E-state index in [9.17, 15) is 14.7 Å². The summed E-state index contributed by atoms with van der Waals surface area (Å²) in [6.45, 7) is 3.65. The SMILES string of the molecule is COc1ccccc1C1=C(SCCO)C(=O)N(c2ccccc2OC(C)C)C1=O. The quantitative estimate of drug-likeness (QED) is 0.668. The molecule has 0 bridgehead atoms. The standard InChI is InChI=1S/C22H23NO5S/c1-14(2)28-18-11-7-5-9-16(18)23-21(25)19(20(22(23)26)29-13-12-24)15-8-4-6-10-17(15)27-3/h4-11,14,24H,12-13H2,1-3H3. The molecular formula is C22H23NO5S. The zero-order valence-corrected chi connectivity index (χ0v) is 17.4. The molecular weight excluding hydrogens is 390 g/mol.